The lowest BCUT2D eigenvalue weighted by Gasteiger charge is -2.23. The van der Waals surface area contributed by atoms with Gasteiger partial charge in [0.15, 0.2) is 0 Å². The molecule has 0 spiro atoms. The van der Waals surface area contributed by atoms with Crippen molar-refractivity contribution in [1.29, 1.82) is 0 Å². The second-order valence-electron chi connectivity index (χ2n) is 6.88. The van der Waals surface area contributed by atoms with E-state index >= 15 is 0 Å². The molecule has 3 rings (SSSR count). The normalized spacial score (nSPS) is 16.7. The smallest absolute Gasteiger partial charge is 0.226 e. The summed E-state index contributed by atoms with van der Waals surface area (Å²) in [5.74, 6) is 1.13. The Kier molecular flexibility index (Phi) is 3.91. The second kappa shape index (κ2) is 5.72. The highest BCUT2D eigenvalue weighted by molar-refractivity contribution is 5.82. The fourth-order valence-corrected chi connectivity index (χ4v) is 2.67. The molecular formula is C17H23N3O2. The van der Waals surface area contributed by atoms with Crippen molar-refractivity contribution in [3.05, 3.63) is 30.1 Å². The highest BCUT2D eigenvalue weighted by Crippen LogP contribution is 2.32. The summed E-state index contributed by atoms with van der Waals surface area (Å²) < 4.78 is 0. The molecular weight excluding hydrogens is 278 g/mol. The van der Waals surface area contributed by atoms with Crippen LogP contribution < -0.4 is 5.32 Å². The Morgan fingerprint density at radius 2 is 2.18 bits per heavy atom. The number of benzene rings is 1. The number of imidazole rings is 1. The zero-order valence-corrected chi connectivity index (χ0v) is 13.1. The van der Waals surface area contributed by atoms with Crippen molar-refractivity contribution < 1.29 is 9.90 Å². The highest BCUT2D eigenvalue weighted by Gasteiger charge is 2.33. The first-order valence-corrected chi connectivity index (χ1v) is 7.86. The van der Waals surface area contributed by atoms with Crippen LogP contribution in [0.3, 0.4) is 0 Å². The number of carbonyl (C=O) groups is 1. The molecule has 0 radical (unpaired) electrons. The van der Waals surface area contributed by atoms with Crippen molar-refractivity contribution in [1.82, 2.24) is 15.3 Å². The molecule has 1 aliphatic carbocycles. The third-order valence-corrected chi connectivity index (χ3v) is 4.30. The lowest BCUT2D eigenvalue weighted by molar-refractivity contribution is -0.129. The summed E-state index contributed by atoms with van der Waals surface area (Å²) in [6.45, 7) is 4.14. The average Bonchev–Trinajstić information content (AvgIpc) is 3.24. The van der Waals surface area contributed by atoms with Gasteiger partial charge < -0.3 is 15.4 Å². The zero-order chi connectivity index (χ0) is 15.7. The van der Waals surface area contributed by atoms with Crippen LogP contribution in [0.25, 0.3) is 11.0 Å². The number of H-pyrrole nitrogens is 1. The van der Waals surface area contributed by atoms with Crippen molar-refractivity contribution in [2.45, 2.75) is 39.2 Å². The summed E-state index contributed by atoms with van der Waals surface area (Å²) in [6, 6.07) is 7.84. The van der Waals surface area contributed by atoms with E-state index in [0.717, 1.165) is 29.7 Å². The predicted octanol–water partition coefficient (Wildman–Crippen LogP) is 2.02. The van der Waals surface area contributed by atoms with E-state index in [4.69, 9.17) is 0 Å². The van der Waals surface area contributed by atoms with Gasteiger partial charge in [-0.1, -0.05) is 26.0 Å². The molecule has 2 aromatic rings. The van der Waals surface area contributed by atoms with Crippen molar-refractivity contribution >= 4 is 16.9 Å². The van der Waals surface area contributed by atoms with Crippen LogP contribution in [0.1, 0.15) is 32.5 Å². The topological polar surface area (TPSA) is 78.0 Å². The summed E-state index contributed by atoms with van der Waals surface area (Å²) in [7, 11) is 0. The Bertz CT molecular complexity index is 640. The van der Waals surface area contributed by atoms with Gasteiger partial charge in [0.05, 0.1) is 22.6 Å². The number of aromatic amines is 1. The number of hydrogen-bond acceptors (Lipinski definition) is 3. The minimum absolute atomic E-state index is 0.0485. The summed E-state index contributed by atoms with van der Waals surface area (Å²) in [5.41, 5.74) is 1.33. The number of rotatable bonds is 6. The molecule has 1 heterocycles. The first-order valence-electron chi connectivity index (χ1n) is 7.86. The number of carbonyl (C=O) groups excluding carboxylic acids is 1. The minimum Gasteiger partial charge on any atom is -0.391 e. The summed E-state index contributed by atoms with van der Waals surface area (Å²) in [6.07, 6.45) is 2.26. The quantitative estimate of drug-likeness (QED) is 0.764. The van der Waals surface area contributed by atoms with E-state index in [9.17, 15) is 9.90 Å². The number of hydrogen-bond donors (Lipinski definition) is 3. The van der Waals surface area contributed by atoms with Crippen LogP contribution in [0.5, 0.6) is 0 Å². The van der Waals surface area contributed by atoms with Gasteiger partial charge in [-0.25, -0.2) is 4.98 Å². The van der Waals surface area contributed by atoms with E-state index in [0.29, 0.717) is 18.9 Å². The summed E-state index contributed by atoms with van der Waals surface area (Å²) in [5, 5.41) is 12.7. The maximum Gasteiger partial charge on any atom is 0.226 e. The number of amides is 1. The van der Waals surface area contributed by atoms with Crippen LogP contribution in [0.2, 0.25) is 0 Å². The molecule has 1 fully saturated rings. The van der Waals surface area contributed by atoms with Crippen LogP contribution in [0.4, 0.5) is 0 Å². The number of nitrogens with one attached hydrogen (secondary N) is 2. The van der Waals surface area contributed by atoms with Crippen LogP contribution in [-0.2, 0) is 11.2 Å². The monoisotopic (exact) mass is 301 g/mol. The molecule has 1 aromatic heterocycles. The molecule has 1 atom stereocenters. The van der Waals surface area contributed by atoms with E-state index in [-0.39, 0.29) is 5.91 Å². The molecule has 1 amide bonds. The van der Waals surface area contributed by atoms with E-state index in [1.54, 1.807) is 0 Å². The maximum absolute atomic E-state index is 12.4. The van der Waals surface area contributed by atoms with Gasteiger partial charge in [0, 0.05) is 13.0 Å². The van der Waals surface area contributed by atoms with Gasteiger partial charge in [-0.2, -0.15) is 0 Å². The molecule has 0 unspecified atom stereocenters. The van der Waals surface area contributed by atoms with Gasteiger partial charge in [0.2, 0.25) is 5.91 Å². The molecule has 0 saturated heterocycles. The predicted molar refractivity (Wildman–Crippen MR) is 85.3 cm³/mol. The molecule has 5 nitrogen and oxygen atoms in total. The molecule has 0 bridgehead atoms. The number of para-hydroxylation sites is 2. The fraction of sp³-hybridized carbons (Fsp3) is 0.529. The molecule has 118 valence electrons. The van der Waals surface area contributed by atoms with E-state index in [1.807, 2.05) is 38.1 Å². The number of fused-ring (bicyclic) bond motifs is 1. The van der Waals surface area contributed by atoms with Gasteiger partial charge >= 0.3 is 0 Å². The van der Waals surface area contributed by atoms with Crippen LogP contribution in [0.15, 0.2) is 24.3 Å². The Morgan fingerprint density at radius 1 is 1.45 bits per heavy atom. The number of aromatic nitrogens is 2. The standard InChI is InChI=1S/C17H23N3O2/c1-17(2,16(22)18-10-14(21)11-7-8-11)9-15-19-12-5-3-4-6-13(12)20-15/h3-6,11,14,21H,7-10H2,1-2H3,(H,18,22)(H,19,20)/t14-/m1/s1. The van der Waals surface area contributed by atoms with Crippen molar-refractivity contribution in [3.63, 3.8) is 0 Å². The number of nitrogens with zero attached hydrogens (tertiary/aromatic N) is 1. The maximum atomic E-state index is 12.4. The van der Waals surface area contributed by atoms with Crippen LogP contribution >= 0.6 is 0 Å². The first-order chi connectivity index (χ1) is 10.5. The SMILES string of the molecule is CC(C)(Cc1nc2ccccc2[nH]1)C(=O)NC[C@@H](O)C1CC1. The minimum atomic E-state index is -0.572. The molecule has 22 heavy (non-hydrogen) atoms. The zero-order valence-electron chi connectivity index (χ0n) is 13.1. The second-order valence-corrected chi connectivity index (χ2v) is 6.88. The van der Waals surface area contributed by atoms with E-state index in [1.165, 1.54) is 0 Å². The Balaban J connectivity index is 1.62. The molecule has 3 N–H and O–H groups in total. The molecule has 1 aromatic carbocycles. The summed E-state index contributed by atoms with van der Waals surface area (Å²) in [4.78, 5) is 20.2. The van der Waals surface area contributed by atoms with E-state index < -0.39 is 11.5 Å². The lowest BCUT2D eigenvalue weighted by atomic mass is 9.88. The van der Waals surface area contributed by atoms with Crippen LogP contribution in [0, 0.1) is 11.3 Å². The number of aliphatic hydroxyl groups is 1. The van der Waals surface area contributed by atoms with Crippen molar-refractivity contribution in [2.75, 3.05) is 6.54 Å². The van der Waals surface area contributed by atoms with Gasteiger partial charge in [0.25, 0.3) is 0 Å². The Labute approximate surface area is 130 Å². The average molecular weight is 301 g/mol. The lowest BCUT2D eigenvalue weighted by Crippen LogP contribution is -2.42. The third kappa shape index (κ3) is 3.30. The van der Waals surface area contributed by atoms with Crippen LogP contribution in [-0.4, -0.2) is 33.6 Å². The highest BCUT2D eigenvalue weighted by atomic mass is 16.3. The van der Waals surface area contributed by atoms with Gasteiger partial charge in [-0.3, -0.25) is 4.79 Å². The largest absolute Gasteiger partial charge is 0.391 e. The summed E-state index contributed by atoms with van der Waals surface area (Å²) >= 11 is 0. The Hall–Kier alpha value is -1.88. The van der Waals surface area contributed by atoms with Gasteiger partial charge in [-0.15, -0.1) is 0 Å². The van der Waals surface area contributed by atoms with Gasteiger partial charge in [0.1, 0.15) is 5.82 Å². The molecule has 1 saturated carbocycles. The first kappa shape index (κ1) is 15.0. The van der Waals surface area contributed by atoms with Crippen molar-refractivity contribution in [2.24, 2.45) is 11.3 Å². The third-order valence-electron chi connectivity index (χ3n) is 4.30. The van der Waals surface area contributed by atoms with E-state index in [2.05, 4.69) is 15.3 Å². The van der Waals surface area contributed by atoms with Gasteiger partial charge in [-0.05, 0) is 30.9 Å². The number of aliphatic hydroxyl groups excluding tert-OH is 1. The Morgan fingerprint density at radius 3 is 2.86 bits per heavy atom. The molecule has 0 aliphatic heterocycles. The van der Waals surface area contributed by atoms with Crippen molar-refractivity contribution in [3.8, 4) is 0 Å². The molecule has 1 aliphatic rings. The fourth-order valence-electron chi connectivity index (χ4n) is 2.67. The molecule has 5 heteroatoms.